The average molecular weight is 375 g/mol. The number of rotatable bonds is 0. The molecule has 0 radical (unpaired) electrons. The Morgan fingerprint density at radius 1 is 1.12 bits per heavy atom. The molecule has 0 N–H and O–H groups in total. The van der Waals surface area contributed by atoms with Crippen LogP contribution < -0.4 is 0 Å². The molecule has 4 rings (SSSR count). The van der Waals surface area contributed by atoms with Gasteiger partial charge in [0.25, 0.3) is 0 Å². The lowest BCUT2D eigenvalue weighted by Gasteiger charge is -2.64. The Kier molecular flexibility index (Phi) is 4.58. The molecule has 4 aliphatic rings. The van der Waals surface area contributed by atoms with Crippen molar-refractivity contribution in [2.75, 3.05) is 13.2 Å². The Morgan fingerprint density at radius 2 is 1.88 bits per heavy atom. The summed E-state index contributed by atoms with van der Waals surface area (Å²) in [6.45, 7) is 8.70. The first-order chi connectivity index (χ1) is 12.4. The van der Waals surface area contributed by atoms with Crippen LogP contribution in [0.15, 0.2) is 23.3 Å². The van der Waals surface area contributed by atoms with Gasteiger partial charge in [0.1, 0.15) is 0 Å². The number of hydrogen-bond acceptors (Lipinski definition) is 2. The molecule has 142 valence electrons. The highest BCUT2D eigenvalue weighted by atomic mass is 35.5. The second-order valence-corrected chi connectivity index (χ2v) is 9.59. The molecule has 2 nitrogen and oxygen atoms in total. The van der Waals surface area contributed by atoms with Crippen LogP contribution in [0, 0.1) is 34.0 Å². The second-order valence-electron chi connectivity index (χ2n) is 9.33. The molecule has 0 bridgehead atoms. The summed E-state index contributed by atoms with van der Waals surface area (Å²) in [7, 11) is 0. The Hall–Kier alpha value is -0.750. The van der Waals surface area contributed by atoms with E-state index in [1.807, 2.05) is 0 Å². The van der Waals surface area contributed by atoms with E-state index in [1.54, 1.807) is 11.6 Å². The van der Waals surface area contributed by atoms with Crippen LogP contribution in [0.2, 0.25) is 0 Å². The number of ether oxygens (including phenoxy) is 2. The zero-order valence-corrected chi connectivity index (χ0v) is 17.1. The van der Waals surface area contributed by atoms with Crippen LogP contribution in [-0.4, -0.2) is 19.0 Å². The smallest absolute Gasteiger partial charge is 0.173 e. The molecule has 3 heteroatoms. The monoisotopic (exact) mass is 374 g/mol. The summed E-state index contributed by atoms with van der Waals surface area (Å²) < 4.78 is 12.5. The van der Waals surface area contributed by atoms with Crippen molar-refractivity contribution in [1.29, 1.82) is 0 Å². The molecule has 1 aliphatic heterocycles. The Bertz CT molecular complexity index is 689. The van der Waals surface area contributed by atoms with E-state index < -0.39 is 0 Å². The van der Waals surface area contributed by atoms with Gasteiger partial charge < -0.3 is 9.47 Å². The van der Waals surface area contributed by atoms with Crippen molar-refractivity contribution < 1.29 is 9.47 Å². The standard InChI is InChI=1S/C23H31ClO2/c1-20(2)18-9-12-22(11-6-7-15-24)10-5-4-8-19(22)21(18,3)13-14-23(20)25-16-17-26-23/h7-8,15,18H,4-5,9-10,12-14,16-17H2,1-3H3/b15-7+/t18-,21-,22-/m0/s1. The van der Waals surface area contributed by atoms with Crippen LogP contribution in [0.5, 0.6) is 0 Å². The summed E-state index contributed by atoms with van der Waals surface area (Å²) in [6, 6.07) is 0. The maximum absolute atomic E-state index is 6.24. The molecule has 26 heavy (non-hydrogen) atoms. The molecule has 0 unspecified atom stereocenters. The minimum absolute atomic E-state index is 0.00438. The highest BCUT2D eigenvalue weighted by Crippen LogP contribution is 2.68. The number of hydrogen-bond donors (Lipinski definition) is 0. The lowest BCUT2D eigenvalue weighted by atomic mass is 9.43. The number of fused-ring (bicyclic) bond motifs is 3. The van der Waals surface area contributed by atoms with Gasteiger partial charge in [0, 0.05) is 17.4 Å². The summed E-state index contributed by atoms with van der Waals surface area (Å²) in [5.41, 5.74) is 3.35. The third kappa shape index (κ3) is 2.47. The predicted molar refractivity (Wildman–Crippen MR) is 106 cm³/mol. The normalized spacial score (nSPS) is 40.5. The summed E-state index contributed by atoms with van der Waals surface area (Å²) >= 11 is 5.71. The maximum Gasteiger partial charge on any atom is 0.173 e. The van der Waals surface area contributed by atoms with Crippen LogP contribution in [-0.2, 0) is 9.47 Å². The third-order valence-electron chi connectivity index (χ3n) is 7.95. The first-order valence-electron chi connectivity index (χ1n) is 10.2. The molecule has 0 aromatic heterocycles. The van der Waals surface area contributed by atoms with Crippen molar-refractivity contribution in [2.24, 2.45) is 22.2 Å². The molecular weight excluding hydrogens is 344 g/mol. The van der Waals surface area contributed by atoms with Crippen molar-refractivity contribution in [3.63, 3.8) is 0 Å². The van der Waals surface area contributed by atoms with Crippen LogP contribution >= 0.6 is 11.6 Å². The molecular formula is C23H31ClO2. The lowest BCUT2D eigenvalue weighted by Crippen LogP contribution is -2.61. The topological polar surface area (TPSA) is 18.5 Å². The van der Waals surface area contributed by atoms with Crippen LogP contribution in [0.1, 0.15) is 65.7 Å². The van der Waals surface area contributed by atoms with Crippen LogP contribution in [0.4, 0.5) is 0 Å². The third-order valence-corrected chi connectivity index (χ3v) is 8.08. The SMILES string of the molecule is CC1(C)[C@@H]2CC[C@@]3(C#C/C=C/Cl)CCCC=C3[C@@]2(C)CCC12OCCO2. The molecule has 0 aromatic carbocycles. The molecule has 1 spiro atoms. The van der Waals surface area contributed by atoms with Crippen molar-refractivity contribution in [2.45, 2.75) is 71.5 Å². The van der Waals surface area contributed by atoms with Gasteiger partial charge in [-0.1, -0.05) is 50.3 Å². The van der Waals surface area contributed by atoms with Gasteiger partial charge in [-0.05, 0) is 61.5 Å². The van der Waals surface area contributed by atoms with Gasteiger partial charge >= 0.3 is 0 Å². The van der Waals surface area contributed by atoms with Gasteiger partial charge in [-0.15, -0.1) is 0 Å². The van der Waals surface area contributed by atoms with E-state index in [4.69, 9.17) is 21.1 Å². The lowest BCUT2D eigenvalue weighted by molar-refractivity contribution is -0.284. The molecule has 0 amide bonds. The van der Waals surface area contributed by atoms with E-state index in [-0.39, 0.29) is 22.0 Å². The number of allylic oxidation sites excluding steroid dienone is 3. The fraction of sp³-hybridized carbons (Fsp3) is 0.739. The Morgan fingerprint density at radius 3 is 2.62 bits per heavy atom. The van der Waals surface area contributed by atoms with Crippen molar-refractivity contribution in [1.82, 2.24) is 0 Å². The van der Waals surface area contributed by atoms with E-state index in [1.165, 1.54) is 31.2 Å². The quantitative estimate of drug-likeness (QED) is 0.393. The zero-order chi connectivity index (χ0) is 18.5. The highest BCUT2D eigenvalue weighted by Gasteiger charge is 2.65. The van der Waals surface area contributed by atoms with Gasteiger partial charge in [-0.25, -0.2) is 0 Å². The molecule has 1 heterocycles. The van der Waals surface area contributed by atoms with E-state index in [0.29, 0.717) is 5.92 Å². The van der Waals surface area contributed by atoms with Crippen molar-refractivity contribution >= 4 is 11.6 Å². The average Bonchev–Trinajstić information content (AvgIpc) is 3.10. The molecule has 3 atom stereocenters. The summed E-state index contributed by atoms with van der Waals surface area (Å²) in [6.07, 6.45) is 12.3. The maximum atomic E-state index is 6.24. The first kappa shape index (κ1) is 18.6. The largest absolute Gasteiger partial charge is 0.347 e. The fourth-order valence-corrected chi connectivity index (χ4v) is 6.83. The molecule has 2 saturated carbocycles. The highest BCUT2D eigenvalue weighted by molar-refractivity contribution is 6.25. The predicted octanol–water partition coefficient (Wildman–Crippen LogP) is 5.82. The second kappa shape index (κ2) is 6.40. The van der Waals surface area contributed by atoms with Gasteiger partial charge in [-0.2, -0.15) is 0 Å². The van der Waals surface area contributed by atoms with Gasteiger partial charge in [0.05, 0.1) is 18.6 Å². The van der Waals surface area contributed by atoms with Crippen molar-refractivity contribution in [3.05, 3.63) is 23.3 Å². The van der Waals surface area contributed by atoms with E-state index in [9.17, 15) is 0 Å². The van der Waals surface area contributed by atoms with E-state index in [2.05, 4.69) is 38.7 Å². The molecule has 3 fully saturated rings. The zero-order valence-electron chi connectivity index (χ0n) is 16.4. The molecule has 0 aromatic rings. The van der Waals surface area contributed by atoms with E-state index >= 15 is 0 Å². The van der Waals surface area contributed by atoms with Gasteiger partial charge in [0.2, 0.25) is 0 Å². The van der Waals surface area contributed by atoms with Gasteiger partial charge in [-0.3, -0.25) is 0 Å². The summed E-state index contributed by atoms with van der Waals surface area (Å²) in [4.78, 5) is 0. The van der Waals surface area contributed by atoms with Gasteiger partial charge in [0.15, 0.2) is 5.79 Å². The molecule has 3 aliphatic carbocycles. The minimum Gasteiger partial charge on any atom is -0.347 e. The minimum atomic E-state index is -0.389. The van der Waals surface area contributed by atoms with E-state index in [0.717, 1.165) is 32.5 Å². The van der Waals surface area contributed by atoms with Crippen molar-refractivity contribution in [3.8, 4) is 11.8 Å². The Balaban J connectivity index is 1.75. The summed E-state index contributed by atoms with van der Waals surface area (Å²) in [5, 5.41) is 0. The fourth-order valence-electron chi connectivity index (χ4n) is 6.77. The van der Waals surface area contributed by atoms with Crippen LogP contribution in [0.25, 0.3) is 0 Å². The Labute approximate surface area is 163 Å². The van der Waals surface area contributed by atoms with Crippen LogP contribution in [0.3, 0.4) is 0 Å². The summed E-state index contributed by atoms with van der Waals surface area (Å²) in [5.74, 6) is 7.03. The number of halogens is 1. The molecule has 1 saturated heterocycles. The first-order valence-corrected chi connectivity index (χ1v) is 10.6.